The first-order valence-electron chi connectivity index (χ1n) is 9.67. The van der Waals surface area contributed by atoms with Crippen molar-refractivity contribution in [3.05, 3.63) is 28.9 Å². The van der Waals surface area contributed by atoms with Crippen LogP contribution in [0.4, 0.5) is 9.18 Å². The topological polar surface area (TPSA) is 81.2 Å². The van der Waals surface area contributed by atoms with Gasteiger partial charge in [0.25, 0.3) is 0 Å². The number of aliphatic hydroxyl groups is 1. The number of likely N-dealkylation sites (tertiary alicyclic amines) is 1. The molecule has 0 radical (unpaired) electrons. The quantitative estimate of drug-likeness (QED) is 0.695. The molecular formula is C20H28ClFN4O2. The van der Waals surface area contributed by atoms with Gasteiger partial charge in [0.1, 0.15) is 6.17 Å². The number of carbonyl (C=O) groups excluding carboxylic acids is 1. The first-order valence-corrected chi connectivity index (χ1v) is 10.1. The lowest BCUT2D eigenvalue weighted by atomic mass is 9.68. The maximum Gasteiger partial charge on any atom is 0.317 e. The molecule has 1 aliphatic heterocycles. The second-order valence-corrected chi connectivity index (χ2v) is 8.72. The van der Waals surface area contributed by atoms with Crippen LogP contribution in [0, 0.1) is 11.3 Å². The third-order valence-corrected chi connectivity index (χ3v) is 6.13. The molecule has 154 valence electrons. The first-order chi connectivity index (χ1) is 13.2. The Kier molecular flexibility index (Phi) is 6.15. The largest absolute Gasteiger partial charge is 0.388 e. The fourth-order valence-corrected chi connectivity index (χ4v) is 4.29. The van der Waals surface area contributed by atoms with E-state index in [0.29, 0.717) is 18.1 Å². The number of H-pyrrole nitrogens is 1. The summed E-state index contributed by atoms with van der Waals surface area (Å²) in [5.74, 6) is 0.226. The van der Waals surface area contributed by atoms with E-state index in [1.165, 1.54) is 6.92 Å². The zero-order valence-corrected chi connectivity index (χ0v) is 17.3. The molecule has 1 saturated heterocycles. The van der Waals surface area contributed by atoms with Gasteiger partial charge in [-0.2, -0.15) is 5.10 Å². The van der Waals surface area contributed by atoms with Crippen molar-refractivity contribution in [1.82, 2.24) is 20.4 Å². The van der Waals surface area contributed by atoms with Crippen molar-refractivity contribution in [2.75, 3.05) is 19.6 Å². The number of fused-ring (bicyclic) bond motifs is 1. The van der Waals surface area contributed by atoms with Gasteiger partial charge in [0.15, 0.2) is 0 Å². The number of nitrogens with one attached hydrogen (secondary N) is 2. The highest BCUT2D eigenvalue weighted by Crippen LogP contribution is 2.46. The highest BCUT2D eigenvalue weighted by atomic mass is 35.5. The summed E-state index contributed by atoms with van der Waals surface area (Å²) < 4.78 is 12.9. The van der Waals surface area contributed by atoms with E-state index in [2.05, 4.69) is 15.5 Å². The Morgan fingerprint density at radius 2 is 2.14 bits per heavy atom. The van der Waals surface area contributed by atoms with Gasteiger partial charge < -0.3 is 15.3 Å². The van der Waals surface area contributed by atoms with Crippen LogP contribution in [-0.4, -0.2) is 52.0 Å². The summed E-state index contributed by atoms with van der Waals surface area (Å²) in [4.78, 5) is 13.9. The second-order valence-electron chi connectivity index (χ2n) is 8.28. The Balaban J connectivity index is 1.69. The molecule has 1 unspecified atom stereocenters. The molecule has 1 aromatic carbocycles. The van der Waals surface area contributed by atoms with Gasteiger partial charge in [-0.3, -0.25) is 5.10 Å². The van der Waals surface area contributed by atoms with Gasteiger partial charge in [-0.05, 0) is 43.2 Å². The summed E-state index contributed by atoms with van der Waals surface area (Å²) >= 11 is 6.24. The van der Waals surface area contributed by atoms with Gasteiger partial charge in [-0.1, -0.05) is 25.4 Å². The van der Waals surface area contributed by atoms with Crippen molar-refractivity contribution in [2.24, 2.45) is 11.3 Å². The van der Waals surface area contributed by atoms with E-state index in [-0.39, 0.29) is 18.5 Å². The number of alkyl halides is 1. The number of amides is 2. The molecule has 1 aromatic heterocycles. The number of rotatable bonds is 5. The second kappa shape index (κ2) is 8.25. The van der Waals surface area contributed by atoms with Gasteiger partial charge >= 0.3 is 6.03 Å². The van der Waals surface area contributed by atoms with Crippen LogP contribution in [0.3, 0.4) is 0 Å². The van der Waals surface area contributed by atoms with Crippen LogP contribution in [0.25, 0.3) is 10.9 Å². The monoisotopic (exact) mass is 410 g/mol. The van der Waals surface area contributed by atoms with Crippen LogP contribution >= 0.6 is 11.6 Å². The normalized spacial score (nSPS) is 18.3. The van der Waals surface area contributed by atoms with Crippen LogP contribution in [0.1, 0.15) is 45.3 Å². The molecular weight excluding hydrogens is 383 g/mol. The predicted molar refractivity (Wildman–Crippen MR) is 108 cm³/mol. The van der Waals surface area contributed by atoms with Crippen molar-refractivity contribution >= 4 is 28.5 Å². The minimum absolute atomic E-state index is 0.0257. The van der Waals surface area contributed by atoms with Gasteiger partial charge in [0.2, 0.25) is 0 Å². The number of halogens is 2. The predicted octanol–water partition coefficient (Wildman–Crippen LogP) is 4.06. The van der Waals surface area contributed by atoms with Gasteiger partial charge in [-0.15, -0.1) is 0 Å². The lowest BCUT2D eigenvalue weighted by Crippen LogP contribution is -2.48. The standard InChI is InChI=1S/C20H28ClFN4O2/c1-12(22)10-23-19(28)26-6-4-14(5-7-26)20(2,3)18(27)16-9-15(21)8-13-11-24-25-17(13)16/h8-9,11-12,14,18,27H,4-7,10H2,1-3H3,(H,23,28)(H,24,25)/t12?,18-/m1/s1. The van der Waals surface area contributed by atoms with Crippen LogP contribution in [0.2, 0.25) is 5.02 Å². The molecule has 3 N–H and O–H groups in total. The minimum Gasteiger partial charge on any atom is -0.388 e. The summed E-state index contributed by atoms with van der Waals surface area (Å²) in [5, 5.41) is 22.3. The van der Waals surface area contributed by atoms with Gasteiger partial charge in [0.05, 0.1) is 24.4 Å². The van der Waals surface area contributed by atoms with Crippen molar-refractivity contribution in [2.45, 2.75) is 45.9 Å². The van der Waals surface area contributed by atoms with Crippen LogP contribution in [0.15, 0.2) is 18.3 Å². The molecule has 2 amide bonds. The highest BCUT2D eigenvalue weighted by molar-refractivity contribution is 6.31. The summed E-state index contributed by atoms with van der Waals surface area (Å²) in [6.45, 7) is 6.71. The number of benzene rings is 1. The molecule has 3 rings (SSSR count). The van der Waals surface area contributed by atoms with Crippen LogP contribution < -0.4 is 5.32 Å². The number of hydrogen-bond donors (Lipinski definition) is 3. The summed E-state index contributed by atoms with van der Waals surface area (Å²) in [6, 6.07) is 3.38. The van der Waals surface area contributed by atoms with E-state index in [0.717, 1.165) is 29.3 Å². The van der Waals surface area contributed by atoms with Crippen LogP contribution in [-0.2, 0) is 0 Å². The van der Waals surface area contributed by atoms with E-state index >= 15 is 0 Å². The van der Waals surface area contributed by atoms with Gasteiger partial charge in [0, 0.05) is 29.1 Å². The van der Waals surface area contributed by atoms with Crippen molar-refractivity contribution in [3.63, 3.8) is 0 Å². The molecule has 28 heavy (non-hydrogen) atoms. The molecule has 0 bridgehead atoms. The van der Waals surface area contributed by atoms with Gasteiger partial charge in [-0.25, -0.2) is 9.18 Å². The Labute approximate surface area is 169 Å². The van der Waals surface area contributed by atoms with E-state index in [1.54, 1.807) is 17.2 Å². The molecule has 0 saturated carbocycles. The van der Waals surface area contributed by atoms with E-state index in [4.69, 9.17) is 11.6 Å². The van der Waals surface area contributed by atoms with Crippen LogP contribution in [0.5, 0.6) is 0 Å². The molecule has 0 spiro atoms. The molecule has 2 heterocycles. The molecule has 0 aliphatic carbocycles. The van der Waals surface area contributed by atoms with Crippen molar-refractivity contribution in [1.29, 1.82) is 0 Å². The summed E-state index contributed by atoms with van der Waals surface area (Å²) in [5.41, 5.74) is 1.11. The zero-order valence-electron chi connectivity index (χ0n) is 16.5. The molecule has 2 atom stereocenters. The molecule has 6 nitrogen and oxygen atoms in total. The number of aliphatic hydroxyl groups excluding tert-OH is 1. The Bertz CT molecular complexity index is 831. The first kappa shape index (κ1) is 20.9. The Morgan fingerprint density at radius 1 is 1.46 bits per heavy atom. The lowest BCUT2D eigenvalue weighted by molar-refractivity contribution is -0.0143. The molecule has 8 heteroatoms. The smallest absolute Gasteiger partial charge is 0.317 e. The molecule has 1 aliphatic rings. The van der Waals surface area contributed by atoms with E-state index in [1.807, 2.05) is 19.9 Å². The fraction of sp³-hybridized carbons (Fsp3) is 0.600. The minimum atomic E-state index is -1.06. The third-order valence-electron chi connectivity index (χ3n) is 5.91. The fourth-order valence-electron chi connectivity index (χ4n) is 4.05. The Hall–Kier alpha value is -1.86. The number of nitrogens with zero attached hydrogens (tertiary/aromatic N) is 2. The Morgan fingerprint density at radius 3 is 2.79 bits per heavy atom. The van der Waals surface area contributed by atoms with E-state index < -0.39 is 17.7 Å². The number of aromatic nitrogens is 2. The van der Waals surface area contributed by atoms with Crippen molar-refractivity contribution < 1.29 is 14.3 Å². The molecule has 1 fully saturated rings. The summed E-state index contributed by atoms with van der Waals surface area (Å²) in [7, 11) is 0. The zero-order chi connectivity index (χ0) is 20.5. The molecule has 2 aromatic rings. The maximum absolute atomic E-state index is 12.9. The lowest BCUT2D eigenvalue weighted by Gasteiger charge is -2.43. The number of aromatic amines is 1. The third kappa shape index (κ3) is 4.25. The maximum atomic E-state index is 12.9. The summed E-state index contributed by atoms with van der Waals surface area (Å²) in [6.07, 6.45) is 1.45. The average Bonchev–Trinajstić information content (AvgIpc) is 3.13. The van der Waals surface area contributed by atoms with E-state index in [9.17, 15) is 14.3 Å². The SMILES string of the molecule is CC(F)CNC(=O)N1CCC(C(C)(C)[C@H](O)c2cc(Cl)cc3cn[nH]c23)CC1. The number of hydrogen-bond acceptors (Lipinski definition) is 3. The van der Waals surface area contributed by atoms with Crippen molar-refractivity contribution in [3.8, 4) is 0 Å². The number of carbonyl (C=O) groups is 1. The number of piperidine rings is 1. The highest BCUT2D eigenvalue weighted by Gasteiger charge is 2.40. The number of urea groups is 1. The average molecular weight is 411 g/mol.